The summed E-state index contributed by atoms with van der Waals surface area (Å²) in [5.41, 5.74) is 0. The van der Waals surface area contributed by atoms with Gasteiger partial charge < -0.3 is 14.6 Å². The number of halogens is 4. The lowest BCUT2D eigenvalue weighted by Gasteiger charge is -2.12. The Kier molecular flexibility index (Phi) is 14.7. The molecule has 0 saturated carbocycles. The van der Waals surface area contributed by atoms with Gasteiger partial charge in [0.2, 0.25) is 5.24 Å². The summed E-state index contributed by atoms with van der Waals surface area (Å²) in [6.07, 6.45) is 0.898. The van der Waals surface area contributed by atoms with Crippen LogP contribution in [-0.4, -0.2) is 22.3 Å². The highest BCUT2D eigenvalue weighted by molar-refractivity contribution is 6.63. The lowest BCUT2D eigenvalue weighted by atomic mass is 10.3. The second-order valence-electron chi connectivity index (χ2n) is 5.55. The molecule has 2 rings (SSSR count). The average Bonchev–Trinajstić information content (AvgIpc) is 2.72. The van der Waals surface area contributed by atoms with Crippen molar-refractivity contribution in [3.05, 3.63) is 51.5 Å². The van der Waals surface area contributed by atoms with Crippen LogP contribution in [0.5, 0.6) is 17.2 Å². The van der Waals surface area contributed by atoms with Crippen LogP contribution in [0.3, 0.4) is 0 Å². The van der Waals surface area contributed by atoms with Crippen molar-refractivity contribution in [2.75, 3.05) is 0 Å². The maximum atomic E-state index is 11.4. The molecule has 0 amide bonds. The minimum Gasteiger partial charge on any atom is -0.481 e. The summed E-state index contributed by atoms with van der Waals surface area (Å²) in [6.45, 7) is 5.02. The Morgan fingerprint density at radius 3 is 1.71 bits per heavy atom. The van der Waals surface area contributed by atoms with Gasteiger partial charge in [-0.15, -0.1) is 0 Å². The molecule has 170 valence electrons. The molecule has 0 atom stereocenters. The Morgan fingerprint density at radius 1 is 0.806 bits per heavy atom. The molecule has 0 saturated heterocycles. The van der Waals surface area contributed by atoms with E-state index in [4.69, 9.17) is 61.0 Å². The molecule has 2 aromatic rings. The molecule has 31 heavy (non-hydrogen) atoms. The second kappa shape index (κ2) is 15.8. The molecule has 0 aromatic heterocycles. The molecule has 0 heterocycles. The van der Waals surface area contributed by atoms with Crippen LogP contribution in [0.1, 0.15) is 40.0 Å². The van der Waals surface area contributed by atoms with Crippen LogP contribution in [0.4, 0.5) is 0 Å². The van der Waals surface area contributed by atoms with Crippen molar-refractivity contribution in [3.63, 3.8) is 0 Å². The van der Waals surface area contributed by atoms with Gasteiger partial charge in [0.05, 0.1) is 5.02 Å². The SMILES string of the molecule is CCC(=O)Cl.CCC(=O)O.CCC(=O)Oc1cc(Cl)ccc1Oc1ccc(Cl)cc1Cl. The van der Waals surface area contributed by atoms with Gasteiger partial charge in [-0.2, -0.15) is 0 Å². The van der Waals surface area contributed by atoms with Crippen LogP contribution in [0.2, 0.25) is 15.1 Å². The zero-order valence-corrected chi connectivity index (χ0v) is 20.1. The zero-order valence-electron chi connectivity index (χ0n) is 17.1. The number of aliphatic carboxylic acids is 1. The number of carbonyl (C=O) groups is 3. The van der Waals surface area contributed by atoms with Gasteiger partial charge in [-0.1, -0.05) is 55.6 Å². The lowest BCUT2D eigenvalue weighted by molar-refractivity contribution is -0.136. The standard InChI is InChI=1S/C15H11Cl3O3.C3H5ClO.C3H6O2/c1-2-15(19)21-14-8-10(17)4-6-13(14)20-12-5-3-9(16)7-11(12)18;2*1-2-3(4)5/h3-8H,2H2,1H3;2H2,1H3;2H2,1H3,(H,4,5). The van der Waals surface area contributed by atoms with E-state index in [-0.39, 0.29) is 29.8 Å². The maximum Gasteiger partial charge on any atom is 0.311 e. The van der Waals surface area contributed by atoms with E-state index in [1.54, 1.807) is 51.1 Å². The molecule has 6 nitrogen and oxygen atoms in total. The van der Waals surface area contributed by atoms with Crippen molar-refractivity contribution >= 4 is 63.6 Å². The third-order valence-corrected chi connectivity index (χ3v) is 4.15. The van der Waals surface area contributed by atoms with Gasteiger partial charge in [-0.05, 0) is 41.9 Å². The number of carboxylic acids is 1. The van der Waals surface area contributed by atoms with Crippen molar-refractivity contribution in [2.24, 2.45) is 0 Å². The van der Waals surface area contributed by atoms with Gasteiger partial charge in [0, 0.05) is 35.4 Å². The Bertz CT molecular complexity index is 872. The van der Waals surface area contributed by atoms with E-state index in [2.05, 4.69) is 0 Å². The van der Waals surface area contributed by atoms with E-state index in [1.807, 2.05) is 0 Å². The molecule has 0 radical (unpaired) electrons. The molecule has 0 fully saturated rings. The van der Waals surface area contributed by atoms with Crippen LogP contribution in [-0.2, 0) is 14.4 Å². The van der Waals surface area contributed by atoms with Gasteiger partial charge in [-0.25, -0.2) is 0 Å². The number of carboxylic acid groups (broad SMARTS) is 1. The topological polar surface area (TPSA) is 89.9 Å². The first-order valence-electron chi connectivity index (χ1n) is 9.07. The van der Waals surface area contributed by atoms with Gasteiger partial charge >= 0.3 is 11.9 Å². The number of hydrogen-bond acceptors (Lipinski definition) is 5. The fraction of sp³-hybridized carbons (Fsp3) is 0.286. The van der Waals surface area contributed by atoms with Crippen molar-refractivity contribution in [1.82, 2.24) is 0 Å². The summed E-state index contributed by atoms with van der Waals surface area (Å²) in [4.78, 5) is 30.4. The van der Waals surface area contributed by atoms with E-state index in [1.165, 1.54) is 6.07 Å². The van der Waals surface area contributed by atoms with Crippen molar-refractivity contribution < 1.29 is 29.0 Å². The number of ether oxygens (including phenoxy) is 2. The minimum atomic E-state index is -0.745. The first-order chi connectivity index (χ1) is 14.5. The van der Waals surface area contributed by atoms with Gasteiger partial charge in [0.15, 0.2) is 11.5 Å². The monoisotopic (exact) mass is 510 g/mol. The molecule has 1 N–H and O–H groups in total. The van der Waals surface area contributed by atoms with E-state index in [0.29, 0.717) is 33.0 Å². The number of rotatable bonds is 6. The van der Waals surface area contributed by atoms with Crippen LogP contribution in [0, 0.1) is 0 Å². The highest BCUT2D eigenvalue weighted by atomic mass is 35.5. The highest BCUT2D eigenvalue weighted by Gasteiger charge is 2.12. The molecular weight excluding hydrogens is 490 g/mol. The fourth-order valence-corrected chi connectivity index (χ4v) is 2.13. The third kappa shape index (κ3) is 13.1. The number of esters is 1. The Labute approximate surface area is 201 Å². The van der Waals surface area contributed by atoms with Crippen LogP contribution < -0.4 is 9.47 Å². The molecule has 0 aliphatic heterocycles. The predicted molar refractivity (Wildman–Crippen MR) is 123 cm³/mol. The summed E-state index contributed by atoms with van der Waals surface area (Å²) >= 11 is 22.6. The number of hydrogen-bond donors (Lipinski definition) is 1. The fourth-order valence-electron chi connectivity index (χ4n) is 1.52. The molecule has 0 bridgehead atoms. The Hall–Kier alpha value is -1.99. The molecule has 0 unspecified atom stereocenters. The molecule has 0 spiro atoms. The highest BCUT2D eigenvalue weighted by Crippen LogP contribution is 2.37. The molecule has 2 aromatic carbocycles. The number of benzene rings is 2. The van der Waals surface area contributed by atoms with E-state index in [0.717, 1.165) is 0 Å². The summed E-state index contributed by atoms with van der Waals surface area (Å²) in [5, 5.41) is 8.74. The van der Waals surface area contributed by atoms with Crippen LogP contribution in [0.15, 0.2) is 36.4 Å². The molecular formula is C21H22Cl4O6. The summed E-state index contributed by atoms with van der Waals surface area (Å²) < 4.78 is 10.9. The lowest BCUT2D eigenvalue weighted by Crippen LogP contribution is -2.06. The Morgan fingerprint density at radius 2 is 1.29 bits per heavy atom. The zero-order chi connectivity index (χ0) is 24.0. The van der Waals surface area contributed by atoms with E-state index in [9.17, 15) is 14.4 Å². The largest absolute Gasteiger partial charge is 0.481 e. The normalized spacial score (nSPS) is 9.39. The van der Waals surface area contributed by atoms with Crippen LogP contribution >= 0.6 is 46.4 Å². The smallest absolute Gasteiger partial charge is 0.311 e. The molecule has 0 aliphatic rings. The first-order valence-corrected chi connectivity index (χ1v) is 10.6. The second-order valence-corrected chi connectivity index (χ2v) is 7.25. The maximum absolute atomic E-state index is 11.4. The van der Waals surface area contributed by atoms with Gasteiger partial charge in [0.25, 0.3) is 0 Å². The summed E-state index contributed by atoms with van der Waals surface area (Å²) in [7, 11) is 0. The minimum absolute atomic E-state index is 0.222. The Balaban J connectivity index is 0.000000752. The average molecular weight is 512 g/mol. The van der Waals surface area contributed by atoms with Crippen molar-refractivity contribution in [1.29, 1.82) is 0 Å². The molecule has 10 heteroatoms. The quantitative estimate of drug-likeness (QED) is 0.247. The van der Waals surface area contributed by atoms with Crippen LogP contribution in [0.25, 0.3) is 0 Å². The van der Waals surface area contributed by atoms with Crippen molar-refractivity contribution in [2.45, 2.75) is 40.0 Å². The number of carbonyl (C=O) groups excluding carboxylic acids is 2. The van der Waals surface area contributed by atoms with E-state index < -0.39 is 5.97 Å². The van der Waals surface area contributed by atoms with Gasteiger partial charge in [-0.3, -0.25) is 14.4 Å². The van der Waals surface area contributed by atoms with Gasteiger partial charge in [0.1, 0.15) is 5.75 Å². The summed E-state index contributed by atoms with van der Waals surface area (Å²) in [6, 6.07) is 9.58. The van der Waals surface area contributed by atoms with Crippen molar-refractivity contribution in [3.8, 4) is 17.2 Å². The predicted octanol–water partition coefficient (Wildman–Crippen LogP) is 7.40. The van der Waals surface area contributed by atoms with E-state index >= 15 is 0 Å². The summed E-state index contributed by atoms with van der Waals surface area (Å²) in [5.74, 6) is -0.155. The molecule has 0 aliphatic carbocycles. The third-order valence-electron chi connectivity index (χ3n) is 3.11. The first kappa shape index (κ1) is 29.0.